The van der Waals surface area contributed by atoms with Crippen LogP contribution in [0.3, 0.4) is 0 Å². The van der Waals surface area contributed by atoms with Crippen LogP contribution in [-0.2, 0) is 10.8 Å². The van der Waals surface area contributed by atoms with Crippen molar-refractivity contribution in [2.45, 2.75) is 38.5 Å². The molecule has 2 aliphatic carbocycles. The van der Waals surface area contributed by atoms with Crippen molar-refractivity contribution in [2.75, 3.05) is 0 Å². The largest absolute Gasteiger partial charge is 0.309 e. The maximum Gasteiger partial charge on any atom is 0.0555 e. The highest BCUT2D eigenvalue weighted by Crippen LogP contribution is 2.54. The number of hydrogen-bond acceptors (Lipinski definition) is 3. The van der Waals surface area contributed by atoms with Crippen LogP contribution < -0.4 is 0 Å². The highest BCUT2D eigenvalue weighted by Gasteiger charge is 2.38. The molecular formula is C102H68N4S3. The van der Waals surface area contributed by atoms with E-state index in [1.165, 1.54) is 215 Å². The minimum Gasteiger partial charge on any atom is -0.309 e. The van der Waals surface area contributed by atoms with Gasteiger partial charge >= 0.3 is 0 Å². The predicted molar refractivity (Wildman–Crippen MR) is 470 cm³/mol. The van der Waals surface area contributed by atoms with Crippen LogP contribution in [0.4, 0.5) is 0 Å². The number of nitrogens with zero attached hydrogens (tertiary/aromatic N) is 4. The second-order valence-electron chi connectivity index (χ2n) is 30.6. The lowest BCUT2D eigenvalue weighted by molar-refractivity contribution is 0.661. The number of hydrogen-bond donors (Lipinski definition) is 0. The summed E-state index contributed by atoms with van der Waals surface area (Å²) in [7, 11) is 0. The third-order valence-corrected chi connectivity index (χ3v) is 27.6. The van der Waals surface area contributed by atoms with Gasteiger partial charge in [0.25, 0.3) is 0 Å². The van der Waals surface area contributed by atoms with Crippen molar-refractivity contribution in [3.8, 4) is 45.0 Å². The maximum atomic E-state index is 2.47. The molecule has 2 aliphatic rings. The van der Waals surface area contributed by atoms with E-state index in [-0.39, 0.29) is 10.8 Å². The van der Waals surface area contributed by atoms with Crippen molar-refractivity contribution < 1.29 is 0 Å². The van der Waals surface area contributed by atoms with Crippen molar-refractivity contribution in [3.05, 3.63) is 362 Å². The van der Waals surface area contributed by atoms with Crippen LogP contribution in [0.2, 0.25) is 0 Å². The van der Waals surface area contributed by atoms with E-state index in [4.69, 9.17) is 0 Å². The van der Waals surface area contributed by atoms with E-state index < -0.39 is 0 Å². The molecule has 0 saturated heterocycles. The van der Waals surface area contributed by atoms with E-state index in [1.807, 2.05) is 34.0 Å². The van der Waals surface area contributed by atoms with Gasteiger partial charge in [0, 0.05) is 137 Å². The van der Waals surface area contributed by atoms with Crippen LogP contribution in [0.5, 0.6) is 0 Å². The van der Waals surface area contributed by atoms with Gasteiger partial charge in [0.15, 0.2) is 0 Å². The molecule has 0 unspecified atom stereocenters. The summed E-state index contributed by atoms with van der Waals surface area (Å²) in [6.45, 7) is 9.45. The van der Waals surface area contributed by atoms with Crippen molar-refractivity contribution in [1.29, 1.82) is 0 Å². The van der Waals surface area contributed by atoms with Crippen LogP contribution >= 0.6 is 34.0 Å². The van der Waals surface area contributed by atoms with E-state index in [9.17, 15) is 0 Å². The average Bonchev–Trinajstić information content (AvgIpc) is 1.56. The van der Waals surface area contributed by atoms with E-state index in [1.54, 1.807) is 0 Å². The van der Waals surface area contributed by atoms with Crippen LogP contribution in [-0.4, -0.2) is 18.3 Å². The fraction of sp³-hybridized carbons (Fsp3) is 0.0588. The minimum atomic E-state index is -0.0472. The quantitative estimate of drug-likeness (QED) is 0.167. The van der Waals surface area contributed by atoms with Gasteiger partial charge in [-0.05, 0) is 184 Å². The lowest BCUT2D eigenvalue weighted by atomic mass is 9.82. The molecule has 0 fully saturated rings. The van der Waals surface area contributed by atoms with Gasteiger partial charge in [-0.25, -0.2) is 0 Å². The first-order valence-electron chi connectivity index (χ1n) is 37.7. The molecule has 23 aromatic rings. The minimum absolute atomic E-state index is 0.0189. The number of fused-ring (bicyclic) bond motifs is 28. The van der Waals surface area contributed by atoms with Gasteiger partial charge in [-0.1, -0.05) is 228 Å². The zero-order chi connectivity index (χ0) is 72.1. The molecule has 0 aliphatic heterocycles. The molecule has 16 aromatic carbocycles. The van der Waals surface area contributed by atoms with Crippen molar-refractivity contribution in [2.24, 2.45) is 0 Å². The van der Waals surface area contributed by atoms with Crippen LogP contribution in [0.25, 0.3) is 193 Å². The summed E-state index contributed by atoms with van der Waals surface area (Å²) >= 11 is 5.65. The highest BCUT2D eigenvalue weighted by molar-refractivity contribution is 7.27. The molecule has 7 aromatic heterocycles. The average molecular weight is 1450 g/mol. The molecule has 0 N–H and O–H groups in total. The summed E-state index contributed by atoms with van der Waals surface area (Å²) in [5, 5.41) is 18.5. The summed E-state index contributed by atoms with van der Waals surface area (Å²) in [5.74, 6) is 0. The summed E-state index contributed by atoms with van der Waals surface area (Å²) in [4.78, 5) is 0. The molecule has 0 amide bonds. The predicted octanol–water partition coefficient (Wildman–Crippen LogP) is 29.2. The summed E-state index contributed by atoms with van der Waals surface area (Å²) in [6.07, 6.45) is 0. The fourth-order valence-electron chi connectivity index (χ4n) is 19.1. The second-order valence-corrected chi connectivity index (χ2v) is 33.8. The lowest BCUT2D eigenvalue weighted by Gasteiger charge is -2.21. The van der Waals surface area contributed by atoms with E-state index in [0.29, 0.717) is 0 Å². The van der Waals surface area contributed by atoms with Gasteiger partial charge < -0.3 is 18.3 Å². The molecular weight excluding hydrogens is 1380 g/mol. The van der Waals surface area contributed by atoms with Gasteiger partial charge in [0.05, 0.1) is 44.1 Å². The normalized spacial score (nSPS) is 13.5. The number of para-hydroxylation sites is 5. The van der Waals surface area contributed by atoms with Gasteiger partial charge in [0.2, 0.25) is 0 Å². The third-order valence-electron chi connectivity index (χ3n) is 24.1. The van der Waals surface area contributed by atoms with Gasteiger partial charge in [-0.15, -0.1) is 34.0 Å². The topological polar surface area (TPSA) is 19.7 Å². The molecule has 514 valence electrons. The van der Waals surface area contributed by atoms with Crippen LogP contribution in [0.1, 0.15) is 49.9 Å². The van der Waals surface area contributed by atoms with Crippen molar-refractivity contribution in [1.82, 2.24) is 18.3 Å². The molecule has 4 nitrogen and oxygen atoms in total. The molecule has 0 atom stereocenters. The monoisotopic (exact) mass is 1440 g/mol. The Labute approximate surface area is 640 Å². The smallest absolute Gasteiger partial charge is 0.0555 e. The first-order valence-corrected chi connectivity index (χ1v) is 40.1. The Morgan fingerprint density at radius 1 is 0.193 bits per heavy atom. The standard InChI is InChI=1S/C39H28N2.C33H23NS.C30H17NS2/c1-39(2)33-17-9-6-14-27(33)30-23-32-29-16-8-11-19-36(29)41(38(32)24-34(30)39)26-20-21-37-31(22-26)28-15-7-10-18-35(28)40(37)25-12-4-3-5-13-25;1-33(2)27-12-6-3-9-21(27)24-18-25-22-10-4-7-13-29(22)34(30(25)19-28(24)33)20-15-16-32-26(17-20)23-11-5-8-14-31(23)35-32;1-4-10-24-22(9-1)29-25(15-14-21-19-7-2-6-12-27(19)33-30(21)29)31(24)18-13-16-28-23(17-18)20-8-3-5-11-26(20)32-28/h3-24H,1-2H3;3-19H,1-2H3;1-17H. The Hall–Kier alpha value is -12.6. The molecule has 0 spiro atoms. The SMILES string of the molecule is CC1(C)c2ccccc2-c2cc3c4ccccc4n(-c4ccc5c(c4)c4ccccc4n5-c4ccccc4)c3cc21.CC1(C)c2ccccc2-c2cc3c4ccccc4n(-c4ccc5sc6ccccc6c5c4)c3cc21.c1ccc2c(c1)sc1ccc(-n3c4ccccc4c4c5sc6ccccc6c5ccc43)cc12. The van der Waals surface area contributed by atoms with Crippen molar-refractivity contribution in [3.63, 3.8) is 0 Å². The Bertz CT molecular complexity index is 7810. The third kappa shape index (κ3) is 9.10. The Kier molecular flexibility index (Phi) is 13.5. The summed E-state index contributed by atoms with van der Waals surface area (Å²) < 4.78 is 17.9. The number of benzene rings is 16. The Balaban J connectivity index is 0.0000000990. The molecule has 0 bridgehead atoms. The molecule has 109 heavy (non-hydrogen) atoms. The maximum absolute atomic E-state index is 2.47. The number of aromatic nitrogens is 4. The van der Waals surface area contributed by atoms with E-state index in [0.717, 1.165) is 0 Å². The van der Waals surface area contributed by atoms with Crippen LogP contribution in [0, 0.1) is 0 Å². The zero-order valence-corrected chi connectivity index (χ0v) is 62.8. The highest BCUT2D eigenvalue weighted by atomic mass is 32.1. The molecule has 7 heteroatoms. The van der Waals surface area contributed by atoms with Gasteiger partial charge in [0.1, 0.15) is 0 Å². The van der Waals surface area contributed by atoms with Gasteiger partial charge in [-0.2, -0.15) is 0 Å². The molecule has 0 saturated carbocycles. The van der Waals surface area contributed by atoms with Crippen LogP contribution in [0.15, 0.2) is 340 Å². The second kappa shape index (κ2) is 23.4. The Morgan fingerprint density at radius 2 is 0.532 bits per heavy atom. The number of thiophene rings is 3. The number of rotatable bonds is 4. The summed E-state index contributed by atoms with van der Waals surface area (Å²) in [6, 6.07) is 125. The first-order chi connectivity index (χ1) is 53.6. The zero-order valence-electron chi connectivity index (χ0n) is 60.3. The molecule has 25 rings (SSSR count). The summed E-state index contributed by atoms with van der Waals surface area (Å²) in [5.41, 5.74) is 25.9. The van der Waals surface area contributed by atoms with E-state index >= 15 is 0 Å². The first kappa shape index (κ1) is 62.6. The molecule has 7 heterocycles. The fourth-order valence-corrected chi connectivity index (χ4v) is 22.5. The molecule has 0 radical (unpaired) electrons. The van der Waals surface area contributed by atoms with Gasteiger partial charge in [-0.3, -0.25) is 0 Å². The lowest BCUT2D eigenvalue weighted by Crippen LogP contribution is -2.14. The van der Waals surface area contributed by atoms with E-state index in [2.05, 4.69) is 386 Å². The Morgan fingerprint density at radius 3 is 1.04 bits per heavy atom. The van der Waals surface area contributed by atoms with Crippen molar-refractivity contribution >= 4 is 182 Å².